The van der Waals surface area contributed by atoms with Crippen molar-refractivity contribution in [1.29, 1.82) is 0 Å². The van der Waals surface area contributed by atoms with Crippen LogP contribution in [0.15, 0.2) is 42.5 Å². The average molecular weight is 983 g/mol. The number of amides is 2. The van der Waals surface area contributed by atoms with Crippen LogP contribution in [0.25, 0.3) is 0 Å². The van der Waals surface area contributed by atoms with Crippen LogP contribution in [-0.2, 0) is 4.79 Å². The van der Waals surface area contributed by atoms with E-state index in [1.807, 2.05) is 18.2 Å². The monoisotopic (exact) mass is 982 g/mol. The van der Waals surface area contributed by atoms with Crippen LogP contribution in [0.2, 0.25) is 0 Å². The maximum atomic E-state index is 13.4. The standard InChI is InChI=1S/C59H111N7O4/c1-3-5-7-9-11-13-15-17-19-21-23-25-27-29-31-33-51-69-56-41-40-54(53-57(56)70-52-34-32-30-28-26-24-22-20-18-16-14-12-10-8-6-4-2)58(67)64-46-47-65-59(68)55(63-45-36-42-60)39-35-48-66(49-37-43-61)50-38-44-62/h17-20,40-41,53,55,63H,3-16,21-39,42-52,60-62H2,1-2H3,(H,64,67)(H,65,68)/b19-17+,20-18+/t55-/m0/s1. The van der Waals surface area contributed by atoms with Crippen LogP contribution in [0, 0.1) is 0 Å². The number of nitrogens with one attached hydrogen (secondary N) is 3. The van der Waals surface area contributed by atoms with Crippen molar-refractivity contribution < 1.29 is 19.1 Å². The molecule has 0 spiro atoms. The normalized spacial score (nSPS) is 12.1. The molecule has 0 aliphatic carbocycles. The summed E-state index contributed by atoms with van der Waals surface area (Å²) in [5, 5.41) is 9.43. The van der Waals surface area contributed by atoms with Crippen molar-refractivity contribution in [3.05, 3.63) is 48.1 Å². The van der Waals surface area contributed by atoms with E-state index in [4.69, 9.17) is 26.7 Å². The van der Waals surface area contributed by atoms with E-state index in [2.05, 4.69) is 59.0 Å². The summed E-state index contributed by atoms with van der Waals surface area (Å²) in [4.78, 5) is 29.1. The van der Waals surface area contributed by atoms with Crippen LogP contribution in [0.3, 0.4) is 0 Å². The first-order valence-corrected chi connectivity index (χ1v) is 29.3. The summed E-state index contributed by atoms with van der Waals surface area (Å²) < 4.78 is 12.6. The maximum absolute atomic E-state index is 13.4. The number of carbonyl (C=O) groups is 2. The highest BCUT2D eigenvalue weighted by molar-refractivity contribution is 5.95. The highest BCUT2D eigenvalue weighted by Gasteiger charge is 2.18. The Bertz CT molecular complexity index is 1370. The lowest BCUT2D eigenvalue weighted by Gasteiger charge is -2.24. The molecule has 0 aliphatic heterocycles. The minimum atomic E-state index is -0.330. The fourth-order valence-corrected chi connectivity index (χ4v) is 8.72. The first-order chi connectivity index (χ1) is 34.5. The molecule has 1 rings (SSSR count). The van der Waals surface area contributed by atoms with E-state index >= 15 is 0 Å². The number of rotatable bonds is 53. The molecule has 70 heavy (non-hydrogen) atoms. The van der Waals surface area contributed by atoms with E-state index < -0.39 is 0 Å². The first-order valence-electron chi connectivity index (χ1n) is 29.3. The van der Waals surface area contributed by atoms with Crippen molar-refractivity contribution in [2.45, 2.75) is 232 Å². The van der Waals surface area contributed by atoms with Gasteiger partial charge in [-0.05, 0) is 160 Å². The molecule has 9 N–H and O–H groups in total. The summed E-state index contributed by atoms with van der Waals surface area (Å²) >= 11 is 0. The van der Waals surface area contributed by atoms with Crippen molar-refractivity contribution in [2.24, 2.45) is 17.2 Å². The number of carbonyl (C=O) groups excluding carboxylic acids is 2. The van der Waals surface area contributed by atoms with Crippen molar-refractivity contribution in [2.75, 3.05) is 72.1 Å². The Morgan fingerprint density at radius 3 is 1.41 bits per heavy atom. The minimum absolute atomic E-state index is 0.0630. The average Bonchev–Trinajstić information content (AvgIpc) is 3.37. The number of ether oxygens (including phenoxy) is 2. The third kappa shape index (κ3) is 39.6. The van der Waals surface area contributed by atoms with Crippen molar-refractivity contribution in [3.8, 4) is 11.5 Å². The van der Waals surface area contributed by atoms with E-state index in [1.54, 1.807) is 0 Å². The molecule has 11 nitrogen and oxygen atoms in total. The Labute approximate surface area is 430 Å². The van der Waals surface area contributed by atoms with Gasteiger partial charge in [-0.15, -0.1) is 0 Å². The number of nitrogens with zero attached hydrogens (tertiary/aromatic N) is 1. The van der Waals surface area contributed by atoms with E-state index in [0.29, 0.717) is 76.0 Å². The van der Waals surface area contributed by atoms with Gasteiger partial charge in [0.25, 0.3) is 5.91 Å². The molecule has 1 atom stereocenters. The smallest absolute Gasteiger partial charge is 0.251 e. The van der Waals surface area contributed by atoms with E-state index in [0.717, 1.165) is 71.0 Å². The van der Waals surface area contributed by atoms with Gasteiger partial charge >= 0.3 is 0 Å². The van der Waals surface area contributed by atoms with Crippen LogP contribution in [-0.4, -0.2) is 94.9 Å². The van der Waals surface area contributed by atoms with Crippen molar-refractivity contribution in [1.82, 2.24) is 20.9 Å². The lowest BCUT2D eigenvalue weighted by atomic mass is 10.1. The number of unbranched alkanes of at least 4 members (excludes halogenated alkanes) is 24. The van der Waals surface area contributed by atoms with Crippen LogP contribution in [0.4, 0.5) is 0 Å². The summed E-state index contributed by atoms with van der Waals surface area (Å²) in [6.45, 7) is 11.7. The zero-order valence-corrected chi connectivity index (χ0v) is 45.5. The van der Waals surface area contributed by atoms with Crippen molar-refractivity contribution in [3.63, 3.8) is 0 Å². The number of allylic oxidation sites excluding steroid dienone is 4. The number of benzene rings is 1. The summed E-state index contributed by atoms with van der Waals surface area (Å²) in [5.41, 5.74) is 17.8. The lowest BCUT2D eigenvalue weighted by Crippen LogP contribution is -2.47. The van der Waals surface area contributed by atoms with E-state index in [9.17, 15) is 9.59 Å². The van der Waals surface area contributed by atoms with Gasteiger partial charge in [-0.2, -0.15) is 0 Å². The fourth-order valence-electron chi connectivity index (χ4n) is 8.72. The molecule has 0 saturated heterocycles. The molecule has 0 aromatic heterocycles. The van der Waals surface area contributed by atoms with Gasteiger partial charge < -0.3 is 47.5 Å². The van der Waals surface area contributed by atoms with E-state index in [-0.39, 0.29) is 17.9 Å². The van der Waals surface area contributed by atoms with Gasteiger partial charge in [0.05, 0.1) is 19.3 Å². The Hall–Kier alpha value is -2.96. The molecule has 11 heteroatoms. The Morgan fingerprint density at radius 1 is 0.500 bits per heavy atom. The third-order valence-electron chi connectivity index (χ3n) is 13.2. The maximum Gasteiger partial charge on any atom is 0.251 e. The van der Waals surface area contributed by atoms with Crippen LogP contribution in [0.1, 0.15) is 236 Å². The van der Waals surface area contributed by atoms with E-state index in [1.165, 1.54) is 154 Å². The Kier molecular flexibility index (Phi) is 47.4. The first kappa shape index (κ1) is 65.1. The fraction of sp³-hybridized carbons (Fsp3) is 0.797. The molecule has 0 bridgehead atoms. The van der Waals surface area contributed by atoms with Gasteiger partial charge in [0, 0.05) is 18.7 Å². The summed E-state index contributed by atoms with van der Waals surface area (Å²) in [5.74, 6) is 1.04. The molecular weight excluding hydrogens is 871 g/mol. The highest BCUT2D eigenvalue weighted by atomic mass is 16.5. The molecule has 2 amide bonds. The summed E-state index contributed by atoms with van der Waals surface area (Å²) in [6, 6.07) is 5.17. The van der Waals surface area contributed by atoms with Crippen LogP contribution < -0.4 is 42.6 Å². The van der Waals surface area contributed by atoms with Crippen LogP contribution in [0.5, 0.6) is 11.5 Å². The zero-order chi connectivity index (χ0) is 50.6. The van der Waals surface area contributed by atoms with Gasteiger partial charge in [-0.1, -0.05) is 154 Å². The third-order valence-corrected chi connectivity index (χ3v) is 13.2. The second-order valence-corrected chi connectivity index (χ2v) is 19.7. The second kappa shape index (κ2) is 51.0. The number of hydrogen-bond acceptors (Lipinski definition) is 9. The molecule has 1 aromatic carbocycles. The van der Waals surface area contributed by atoms with Gasteiger partial charge in [-0.3, -0.25) is 9.59 Å². The van der Waals surface area contributed by atoms with Crippen LogP contribution >= 0.6 is 0 Å². The molecule has 0 aliphatic rings. The topological polar surface area (TPSA) is 170 Å². The zero-order valence-electron chi connectivity index (χ0n) is 45.5. The molecule has 0 radical (unpaired) electrons. The Balaban J connectivity index is 2.62. The molecule has 0 fully saturated rings. The van der Waals surface area contributed by atoms with Crippen molar-refractivity contribution >= 4 is 11.8 Å². The largest absolute Gasteiger partial charge is 0.490 e. The quantitative estimate of drug-likeness (QED) is 0.0275. The lowest BCUT2D eigenvalue weighted by molar-refractivity contribution is -0.123. The molecule has 0 heterocycles. The molecule has 0 unspecified atom stereocenters. The summed E-state index contributed by atoms with van der Waals surface area (Å²) in [6.07, 6.45) is 49.3. The molecule has 406 valence electrons. The molecular formula is C59H111N7O4. The highest BCUT2D eigenvalue weighted by Crippen LogP contribution is 2.29. The van der Waals surface area contributed by atoms with Gasteiger partial charge in [-0.25, -0.2) is 0 Å². The number of hydrogen-bond donors (Lipinski definition) is 6. The minimum Gasteiger partial charge on any atom is -0.490 e. The van der Waals surface area contributed by atoms with Gasteiger partial charge in [0.1, 0.15) is 0 Å². The number of nitrogens with two attached hydrogens (primary N) is 3. The van der Waals surface area contributed by atoms with Gasteiger partial charge in [0.15, 0.2) is 11.5 Å². The Morgan fingerprint density at radius 2 is 0.929 bits per heavy atom. The van der Waals surface area contributed by atoms with Gasteiger partial charge in [0.2, 0.25) is 5.91 Å². The predicted molar refractivity (Wildman–Crippen MR) is 300 cm³/mol. The second-order valence-electron chi connectivity index (χ2n) is 19.7. The predicted octanol–water partition coefficient (Wildman–Crippen LogP) is 12.5. The summed E-state index contributed by atoms with van der Waals surface area (Å²) in [7, 11) is 0. The SMILES string of the molecule is CCCCCCCC/C=C/CCCCCCCCOc1ccc(C(=O)NCCNC(=O)[C@H](CCCN(CCCN)CCCN)NCCCN)cc1OCCCCCCCC/C=C/CCCCCCCC. The molecule has 1 aromatic rings. The molecule has 0 saturated carbocycles.